The lowest BCUT2D eigenvalue weighted by molar-refractivity contribution is -0.122. The van der Waals surface area contributed by atoms with Crippen LogP contribution in [0.5, 0.6) is 0 Å². The van der Waals surface area contributed by atoms with E-state index in [1.54, 1.807) is 12.1 Å². The van der Waals surface area contributed by atoms with Crippen LogP contribution in [-0.4, -0.2) is 28.5 Å². The lowest BCUT2D eigenvalue weighted by Crippen LogP contribution is -2.54. The summed E-state index contributed by atoms with van der Waals surface area (Å²) in [6.07, 6.45) is 2.58. The normalized spacial score (nSPS) is 21.2. The molecule has 2 aliphatic heterocycles. The van der Waals surface area contributed by atoms with E-state index in [0.29, 0.717) is 12.0 Å². The Kier molecular flexibility index (Phi) is 6.10. The third kappa shape index (κ3) is 4.02. The van der Waals surface area contributed by atoms with Crippen LogP contribution in [0.2, 0.25) is 0 Å². The van der Waals surface area contributed by atoms with Gasteiger partial charge in [0.15, 0.2) is 5.11 Å². The largest absolute Gasteiger partial charge is 0.364 e. The molecule has 0 aromatic heterocycles. The number of rotatable bonds is 3. The molecule has 1 N–H and O–H groups in total. The van der Waals surface area contributed by atoms with Crippen LogP contribution >= 0.6 is 12.2 Å². The number of carbonyl (C=O) groups is 2. The summed E-state index contributed by atoms with van der Waals surface area (Å²) in [6, 6.07) is 10.4. The molecule has 2 heterocycles. The van der Waals surface area contributed by atoms with Crippen molar-refractivity contribution in [3.8, 4) is 0 Å². The van der Waals surface area contributed by atoms with Crippen molar-refractivity contribution in [3.05, 3.63) is 64.5 Å². The summed E-state index contributed by atoms with van der Waals surface area (Å²) in [6.45, 7) is 13.1. The Morgan fingerprint density at radius 1 is 1.18 bits per heavy atom. The second kappa shape index (κ2) is 8.62. The van der Waals surface area contributed by atoms with Crippen molar-refractivity contribution in [2.45, 2.75) is 65.5 Å². The number of para-hydroxylation sites is 1. The van der Waals surface area contributed by atoms with Crippen LogP contribution in [0.4, 0.5) is 15.8 Å². The van der Waals surface area contributed by atoms with E-state index in [1.807, 2.05) is 6.92 Å². The Balaban J connectivity index is 1.80. The van der Waals surface area contributed by atoms with E-state index in [9.17, 15) is 14.0 Å². The summed E-state index contributed by atoms with van der Waals surface area (Å²) in [7, 11) is 0. The summed E-state index contributed by atoms with van der Waals surface area (Å²) in [5, 5.41) is 2.40. The molecule has 2 amide bonds. The van der Waals surface area contributed by atoms with Gasteiger partial charge in [-0.1, -0.05) is 19.1 Å². The number of fused-ring (bicyclic) bond motifs is 1. The zero-order valence-corrected chi connectivity index (χ0v) is 21.2. The van der Waals surface area contributed by atoms with Gasteiger partial charge in [0.1, 0.15) is 11.4 Å². The Morgan fingerprint density at radius 3 is 2.50 bits per heavy atom. The van der Waals surface area contributed by atoms with Crippen molar-refractivity contribution in [1.29, 1.82) is 0 Å². The highest BCUT2D eigenvalue weighted by Gasteiger charge is 2.39. The first-order chi connectivity index (χ1) is 15.9. The fourth-order valence-corrected chi connectivity index (χ4v) is 5.69. The van der Waals surface area contributed by atoms with E-state index in [2.05, 4.69) is 57.0 Å². The van der Waals surface area contributed by atoms with Gasteiger partial charge in [0.05, 0.1) is 5.69 Å². The van der Waals surface area contributed by atoms with Crippen molar-refractivity contribution in [3.63, 3.8) is 0 Å². The quantitative estimate of drug-likeness (QED) is 0.361. The molecule has 0 saturated carbocycles. The van der Waals surface area contributed by atoms with Crippen LogP contribution in [0.1, 0.15) is 63.6 Å². The SMILES string of the molecule is Cc1cc2c(cc1/C=C1\C(=O)NC(=S)N(c3ccccc3F)C1=O)[C@@H](C)CC(C)(C)N2C(C)C. The third-order valence-corrected chi connectivity index (χ3v) is 6.96. The Bertz CT molecular complexity index is 1230. The molecule has 4 rings (SSSR count). The van der Waals surface area contributed by atoms with Crippen LogP contribution < -0.4 is 15.1 Å². The molecule has 5 nitrogen and oxygen atoms in total. The number of thiocarbonyl (C=S) groups is 1. The molecule has 0 unspecified atom stereocenters. The van der Waals surface area contributed by atoms with Gasteiger partial charge in [0, 0.05) is 17.3 Å². The predicted molar refractivity (Wildman–Crippen MR) is 139 cm³/mol. The topological polar surface area (TPSA) is 52.7 Å². The minimum Gasteiger partial charge on any atom is -0.364 e. The van der Waals surface area contributed by atoms with Crippen molar-refractivity contribution >= 4 is 46.6 Å². The fourth-order valence-electron chi connectivity index (χ4n) is 5.41. The number of nitrogens with one attached hydrogen (secondary N) is 1. The van der Waals surface area contributed by atoms with E-state index in [4.69, 9.17) is 12.2 Å². The van der Waals surface area contributed by atoms with Crippen LogP contribution in [0, 0.1) is 12.7 Å². The number of amides is 2. The van der Waals surface area contributed by atoms with Gasteiger partial charge in [-0.2, -0.15) is 0 Å². The van der Waals surface area contributed by atoms with Gasteiger partial charge in [-0.25, -0.2) is 9.29 Å². The van der Waals surface area contributed by atoms with Crippen LogP contribution in [0.15, 0.2) is 42.0 Å². The minimum atomic E-state index is -0.644. The van der Waals surface area contributed by atoms with E-state index in [0.717, 1.165) is 22.4 Å². The number of benzene rings is 2. The number of carbonyl (C=O) groups excluding carboxylic acids is 2. The van der Waals surface area contributed by atoms with Crippen LogP contribution in [-0.2, 0) is 9.59 Å². The maximum absolute atomic E-state index is 14.4. The second-order valence-corrected chi connectivity index (χ2v) is 10.4. The Labute approximate surface area is 205 Å². The maximum Gasteiger partial charge on any atom is 0.270 e. The number of anilines is 2. The predicted octanol–water partition coefficient (Wildman–Crippen LogP) is 5.47. The number of hydrogen-bond acceptors (Lipinski definition) is 4. The summed E-state index contributed by atoms with van der Waals surface area (Å²) in [4.78, 5) is 29.6. The highest BCUT2D eigenvalue weighted by molar-refractivity contribution is 7.80. The van der Waals surface area contributed by atoms with Gasteiger partial charge in [0.2, 0.25) is 0 Å². The number of hydrogen-bond donors (Lipinski definition) is 1. The molecular formula is C27H30FN3O2S. The lowest BCUT2D eigenvalue weighted by atomic mass is 9.78. The van der Waals surface area contributed by atoms with Crippen molar-refractivity contribution < 1.29 is 14.0 Å². The summed E-state index contributed by atoms with van der Waals surface area (Å²) in [5.41, 5.74) is 4.06. The standard InChI is InChI=1S/C27H30FN3O2S/c1-15(2)31-23-11-16(3)18(12-19(23)17(4)14-27(31,5)6)13-20-24(32)29-26(34)30(25(20)33)22-10-8-7-9-21(22)28/h7-13,15,17H,14H2,1-6H3,(H,29,32,34)/b20-13+/t17-/m0/s1. The van der Waals surface area contributed by atoms with Gasteiger partial charge < -0.3 is 4.90 Å². The maximum atomic E-state index is 14.4. The monoisotopic (exact) mass is 479 g/mol. The molecule has 178 valence electrons. The number of aryl methyl sites for hydroxylation is 1. The van der Waals surface area contributed by atoms with Gasteiger partial charge in [-0.3, -0.25) is 14.9 Å². The number of halogens is 1. The first kappa shape index (κ1) is 24.1. The van der Waals surface area contributed by atoms with Gasteiger partial charge in [-0.05, 0) is 106 Å². The fraction of sp³-hybridized carbons (Fsp3) is 0.370. The van der Waals surface area contributed by atoms with E-state index in [-0.39, 0.29) is 21.9 Å². The van der Waals surface area contributed by atoms with Gasteiger partial charge in [-0.15, -0.1) is 0 Å². The summed E-state index contributed by atoms with van der Waals surface area (Å²) >= 11 is 5.19. The number of nitrogens with zero attached hydrogens (tertiary/aromatic N) is 2. The zero-order valence-electron chi connectivity index (χ0n) is 20.4. The molecule has 0 bridgehead atoms. The van der Waals surface area contributed by atoms with Gasteiger partial charge in [0.25, 0.3) is 11.8 Å². The molecule has 1 fully saturated rings. The molecule has 2 aromatic rings. The molecule has 7 heteroatoms. The molecule has 2 aliphatic rings. The highest BCUT2D eigenvalue weighted by Crippen LogP contribution is 2.45. The first-order valence-corrected chi connectivity index (χ1v) is 11.9. The van der Waals surface area contributed by atoms with Crippen molar-refractivity contribution in [2.24, 2.45) is 0 Å². The Hall–Kier alpha value is -3.06. The average molecular weight is 480 g/mol. The van der Waals surface area contributed by atoms with Crippen molar-refractivity contribution in [1.82, 2.24) is 5.32 Å². The summed E-state index contributed by atoms with van der Waals surface area (Å²) < 4.78 is 14.4. The average Bonchev–Trinajstić information content (AvgIpc) is 2.72. The molecule has 0 aliphatic carbocycles. The van der Waals surface area contributed by atoms with E-state index in [1.165, 1.54) is 29.4 Å². The molecule has 0 radical (unpaired) electrons. The lowest BCUT2D eigenvalue weighted by Gasteiger charge is -2.50. The summed E-state index contributed by atoms with van der Waals surface area (Å²) in [5.74, 6) is -1.51. The van der Waals surface area contributed by atoms with E-state index >= 15 is 0 Å². The Morgan fingerprint density at radius 2 is 1.85 bits per heavy atom. The molecule has 34 heavy (non-hydrogen) atoms. The zero-order chi connectivity index (χ0) is 24.9. The molecule has 1 saturated heterocycles. The second-order valence-electron chi connectivity index (χ2n) is 10.1. The first-order valence-electron chi connectivity index (χ1n) is 11.5. The molecule has 1 atom stereocenters. The molecular weight excluding hydrogens is 449 g/mol. The van der Waals surface area contributed by atoms with E-state index < -0.39 is 17.6 Å². The highest BCUT2D eigenvalue weighted by atomic mass is 32.1. The van der Waals surface area contributed by atoms with Crippen molar-refractivity contribution in [2.75, 3.05) is 9.80 Å². The third-order valence-electron chi connectivity index (χ3n) is 6.67. The van der Waals surface area contributed by atoms with Gasteiger partial charge >= 0.3 is 0 Å². The van der Waals surface area contributed by atoms with Crippen LogP contribution in [0.25, 0.3) is 6.08 Å². The molecule has 2 aromatic carbocycles. The smallest absolute Gasteiger partial charge is 0.270 e. The minimum absolute atomic E-state index is 0.00833. The van der Waals surface area contributed by atoms with Crippen LogP contribution in [0.3, 0.4) is 0 Å². The molecule has 0 spiro atoms.